The van der Waals surface area contributed by atoms with E-state index in [4.69, 9.17) is 10.00 Å². The summed E-state index contributed by atoms with van der Waals surface area (Å²) in [6, 6.07) is 2.12. The number of hydrogen-bond acceptors (Lipinski definition) is 3. The van der Waals surface area contributed by atoms with Crippen LogP contribution in [0.5, 0.6) is 0 Å². The first-order chi connectivity index (χ1) is 5.34. The fourth-order valence-electron chi connectivity index (χ4n) is 1.28. The lowest BCUT2D eigenvalue weighted by atomic mass is 10.3. The Balaban J connectivity index is 2.18. The normalized spacial score (nSPS) is 23.9. The number of hydrogen-bond donors (Lipinski definition) is 0. The Hall–Kier alpha value is -0.590. The van der Waals surface area contributed by atoms with E-state index >= 15 is 0 Å². The van der Waals surface area contributed by atoms with E-state index in [1.165, 1.54) is 0 Å². The fourth-order valence-corrected chi connectivity index (χ4v) is 1.28. The highest BCUT2D eigenvalue weighted by molar-refractivity contribution is 4.73. The maximum Gasteiger partial charge on any atom is 0.110 e. The largest absolute Gasteiger partial charge is 0.363 e. The standard InChI is InChI=1S/C8H14N2O/c1-10(6-3-5-9)8-4-2-7-11-8/h8H,2-4,6-7H2,1H3. The van der Waals surface area contributed by atoms with E-state index in [2.05, 4.69) is 11.0 Å². The molecule has 1 atom stereocenters. The molecule has 1 saturated heterocycles. The lowest BCUT2D eigenvalue weighted by Crippen LogP contribution is -2.31. The maximum atomic E-state index is 8.34. The summed E-state index contributed by atoms with van der Waals surface area (Å²) in [4.78, 5) is 2.11. The van der Waals surface area contributed by atoms with E-state index in [9.17, 15) is 0 Å². The molecule has 1 unspecified atom stereocenters. The highest BCUT2D eigenvalue weighted by Gasteiger charge is 2.19. The SMILES string of the molecule is CN(CCC#N)C1CCCO1. The molecule has 1 heterocycles. The minimum Gasteiger partial charge on any atom is -0.363 e. The third-order valence-electron chi connectivity index (χ3n) is 1.97. The molecule has 11 heavy (non-hydrogen) atoms. The lowest BCUT2D eigenvalue weighted by Gasteiger charge is -2.21. The predicted molar refractivity (Wildman–Crippen MR) is 41.8 cm³/mol. The van der Waals surface area contributed by atoms with Gasteiger partial charge in [0.15, 0.2) is 0 Å². The molecule has 0 aliphatic carbocycles. The zero-order valence-corrected chi connectivity index (χ0v) is 6.92. The van der Waals surface area contributed by atoms with E-state index in [1.54, 1.807) is 0 Å². The molecule has 0 amide bonds. The smallest absolute Gasteiger partial charge is 0.110 e. The van der Waals surface area contributed by atoms with Crippen LogP contribution in [-0.2, 0) is 4.74 Å². The molecule has 1 rings (SSSR count). The Labute approximate surface area is 67.6 Å². The topological polar surface area (TPSA) is 36.3 Å². The molecule has 0 radical (unpaired) electrons. The number of ether oxygens (including phenoxy) is 1. The molecule has 0 saturated carbocycles. The summed E-state index contributed by atoms with van der Waals surface area (Å²) in [5, 5.41) is 8.34. The minimum absolute atomic E-state index is 0.267. The molecular formula is C8H14N2O. The summed E-state index contributed by atoms with van der Waals surface area (Å²) >= 11 is 0. The number of nitriles is 1. The first-order valence-corrected chi connectivity index (χ1v) is 4.03. The Morgan fingerprint density at radius 3 is 3.09 bits per heavy atom. The molecule has 0 aromatic heterocycles. The van der Waals surface area contributed by atoms with Crippen LogP contribution in [0.3, 0.4) is 0 Å². The van der Waals surface area contributed by atoms with Gasteiger partial charge in [0.05, 0.1) is 6.07 Å². The van der Waals surface area contributed by atoms with Crippen LogP contribution in [0.4, 0.5) is 0 Å². The van der Waals surface area contributed by atoms with E-state index in [-0.39, 0.29) is 6.23 Å². The van der Waals surface area contributed by atoms with E-state index in [0.717, 1.165) is 26.0 Å². The molecular weight excluding hydrogens is 140 g/mol. The van der Waals surface area contributed by atoms with E-state index in [1.807, 2.05) is 7.05 Å². The van der Waals surface area contributed by atoms with Crippen LogP contribution in [-0.4, -0.2) is 31.3 Å². The molecule has 0 spiro atoms. The van der Waals surface area contributed by atoms with Crippen molar-refractivity contribution in [3.63, 3.8) is 0 Å². The Morgan fingerprint density at radius 1 is 1.73 bits per heavy atom. The summed E-state index contributed by atoms with van der Waals surface area (Å²) < 4.78 is 5.43. The second kappa shape index (κ2) is 4.32. The molecule has 1 fully saturated rings. The molecule has 0 bridgehead atoms. The average molecular weight is 154 g/mol. The summed E-state index contributed by atoms with van der Waals surface area (Å²) in [6.07, 6.45) is 3.13. The van der Waals surface area contributed by atoms with Gasteiger partial charge in [-0.1, -0.05) is 0 Å². The average Bonchev–Trinajstić information content (AvgIpc) is 2.52. The Bertz CT molecular complexity index is 147. The molecule has 0 aromatic carbocycles. The fraction of sp³-hybridized carbons (Fsp3) is 0.875. The third kappa shape index (κ3) is 2.49. The van der Waals surface area contributed by atoms with Gasteiger partial charge in [-0.3, -0.25) is 4.90 Å². The minimum atomic E-state index is 0.267. The lowest BCUT2D eigenvalue weighted by molar-refractivity contribution is -0.00348. The van der Waals surface area contributed by atoms with Gasteiger partial charge in [-0.2, -0.15) is 5.26 Å². The van der Waals surface area contributed by atoms with E-state index < -0.39 is 0 Å². The first-order valence-electron chi connectivity index (χ1n) is 4.03. The Kier molecular flexibility index (Phi) is 3.34. The van der Waals surface area contributed by atoms with Crippen LogP contribution in [0.1, 0.15) is 19.3 Å². The van der Waals surface area contributed by atoms with Crippen LogP contribution in [0, 0.1) is 11.3 Å². The maximum absolute atomic E-state index is 8.34. The highest BCUT2D eigenvalue weighted by Crippen LogP contribution is 2.14. The van der Waals surface area contributed by atoms with Gasteiger partial charge in [-0.05, 0) is 19.9 Å². The second-order valence-electron chi connectivity index (χ2n) is 2.86. The van der Waals surface area contributed by atoms with Gasteiger partial charge in [0, 0.05) is 19.6 Å². The van der Waals surface area contributed by atoms with Gasteiger partial charge in [0.2, 0.25) is 0 Å². The van der Waals surface area contributed by atoms with Crippen molar-refractivity contribution in [3.05, 3.63) is 0 Å². The van der Waals surface area contributed by atoms with Crippen LogP contribution in [0.15, 0.2) is 0 Å². The summed E-state index contributed by atoms with van der Waals surface area (Å²) in [5.41, 5.74) is 0. The van der Waals surface area contributed by atoms with Crippen molar-refractivity contribution in [2.75, 3.05) is 20.2 Å². The predicted octanol–water partition coefficient (Wildman–Crippen LogP) is 0.968. The highest BCUT2D eigenvalue weighted by atomic mass is 16.5. The van der Waals surface area contributed by atoms with Crippen LogP contribution in [0.2, 0.25) is 0 Å². The van der Waals surface area contributed by atoms with Crippen molar-refractivity contribution in [3.8, 4) is 6.07 Å². The van der Waals surface area contributed by atoms with Gasteiger partial charge in [0.25, 0.3) is 0 Å². The van der Waals surface area contributed by atoms with Crippen molar-refractivity contribution >= 4 is 0 Å². The van der Waals surface area contributed by atoms with E-state index in [0.29, 0.717) is 6.42 Å². The van der Waals surface area contributed by atoms with Gasteiger partial charge in [-0.15, -0.1) is 0 Å². The van der Waals surface area contributed by atoms with Crippen LogP contribution in [0.25, 0.3) is 0 Å². The van der Waals surface area contributed by atoms with Crippen molar-refractivity contribution in [2.24, 2.45) is 0 Å². The second-order valence-corrected chi connectivity index (χ2v) is 2.86. The molecule has 1 aliphatic heterocycles. The van der Waals surface area contributed by atoms with Crippen LogP contribution < -0.4 is 0 Å². The molecule has 3 nitrogen and oxygen atoms in total. The van der Waals surface area contributed by atoms with Crippen molar-refractivity contribution < 1.29 is 4.74 Å². The van der Waals surface area contributed by atoms with Crippen molar-refractivity contribution in [2.45, 2.75) is 25.5 Å². The third-order valence-corrected chi connectivity index (χ3v) is 1.97. The monoisotopic (exact) mass is 154 g/mol. The Morgan fingerprint density at radius 2 is 2.55 bits per heavy atom. The quantitative estimate of drug-likeness (QED) is 0.607. The number of rotatable bonds is 3. The van der Waals surface area contributed by atoms with Gasteiger partial charge >= 0.3 is 0 Å². The van der Waals surface area contributed by atoms with Gasteiger partial charge in [0.1, 0.15) is 6.23 Å². The molecule has 62 valence electrons. The summed E-state index contributed by atoms with van der Waals surface area (Å²) in [5.74, 6) is 0. The van der Waals surface area contributed by atoms with Gasteiger partial charge in [-0.25, -0.2) is 0 Å². The van der Waals surface area contributed by atoms with Crippen molar-refractivity contribution in [1.29, 1.82) is 5.26 Å². The van der Waals surface area contributed by atoms with Crippen molar-refractivity contribution in [1.82, 2.24) is 4.90 Å². The summed E-state index contributed by atoms with van der Waals surface area (Å²) in [7, 11) is 2.01. The first kappa shape index (κ1) is 8.51. The van der Waals surface area contributed by atoms with Gasteiger partial charge < -0.3 is 4.74 Å². The molecule has 3 heteroatoms. The molecule has 0 aromatic rings. The molecule has 0 N–H and O–H groups in total. The molecule has 1 aliphatic rings. The van der Waals surface area contributed by atoms with Crippen LogP contribution >= 0.6 is 0 Å². The zero-order chi connectivity index (χ0) is 8.10. The zero-order valence-electron chi connectivity index (χ0n) is 6.92. The summed E-state index contributed by atoms with van der Waals surface area (Å²) in [6.45, 7) is 1.70. The number of nitrogens with zero attached hydrogens (tertiary/aromatic N) is 2.